The molecule has 9 aromatic rings. The third kappa shape index (κ3) is 4.67. The van der Waals surface area contributed by atoms with Crippen LogP contribution in [-0.4, -0.2) is 9.97 Å². The van der Waals surface area contributed by atoms with Gasteiger partial charge in [0.15, 0.2) is 0 Å². The monoisotopic (exact) mass is 649 g/mol. The Morgan fingerprint density at radius 1 is 0.333 bits per heavy atom. The van der Waals surface area contributed by atoms with Crippen molar-refractivity contribution >= 4 is 38.9 Å². The van der Waals surface area contributed by atoms with E-state index in [0.717, 1.165) is 16.9 Å². The lowest BCUT2D eigenvalue weighted by molar-refractivity contribution is 1.08. The molecule has 1 aliphatic carbocycles. The first kappa shape index (κ1) is 29.1. The van der Waals surface area contributed by atoms with Gasteiger partial charge in [0, 0.05) is 23.8 Å². The van der Waals surface area contributed by atoms with Crippen LogP contribution in [-0.2, 0) is 0 Å². The van der Waals surface area contributed by atoms with Crippen LogP contribution in [0, 0.1) is 0 Å². The van der Waals surface area contributed by atoms with Gasteiger partial charge in [-0.2, -0.15) is 0 Å². The summed E-state index contributed by atoms with van der Waals surface area (Å²) in [5.41, 5.74) is 14.5. The van der Waals surface area contributed by atoms with E-state index in [4.69, 9.17) is 0 Å². The van der Waals surface area contributed by atoms with Crippen LogP contribution in [0.3, 0.4) is 0 Å². The van der Waals surface area contributed by atoms with Gasteiger partial charge in [-0.1, -0.05) is 146 Å². The van der Waals surface area contributed by atoms with Crippen molar-refractivity contribution in [2.24, 2.45) is 0 Å². The van der Waals surface area contributed by atoms with Crippen molar-refractivity contribution in [1.29, 1.82) is 0 Å². The highest BCUT2D eigenvalue weighted by Crippen LogP contribution is 2.58. The molecule has 0 N–H and O–H groups in total. The van der Waals surface area contributed by atoms with Crippen LogP contribution >= 0.6 is 0 Å². The molecule has 0 radical (unpaired) electrons. The summed E-state index contributed by atoms with van der Waals surface area (Å²) >= 11 is 0. The van der Waals surface area contributed by atoms with E-state index in [0.29, 0.717) is 5.95 Å². The maximum Gasteiger partial charge on any atom is 0.234 e. The van der Waals surface area contributed by atoms with Crippen LogP contribution in [0.25, 0.3) is 77.2 Å². The molecule has 0 saturated heterocycles. The maximum atomic E-state index is 4.64. The van der Waals surface area contributed by atoms with Gasteiger partial charge in [-0.05, 0) is 108 Å². The van der Waals surface area contributed by atoms with Gasteiger partial charge in [-0.25, -0.2) is 9.97 Å². The van der Waals surface area contributed by atoms with Crippen molar-refractivity contribution in [2.45, 2.75) is 0 Å². The predicted octanol–water partition coefficient (Wildman–Crippen LogP) is 12.9. The normalized spacial score (nSPS) is 11.5. The Balaban J connectivity index is 1.24. The Labute approximate surface area is 296 Å². The lowest BCUT2D eigenvalue weighted by atomic mass is 9.82. The minimum absolute atomic E-state index is 0.630. The third-order valence-electron chi connectivity index (χ3n) is 10.1. The van der Waals surface area contributed by atoms with Gasteiger partial charge in [-0.15, -0.1) is 0 Å². The Morgan fingerprint density at radius 2 is 0.824 bits per heavy atom. The maximum absolute atomic E-state index is 4.64. The van der Waals surface area contributed by atoms with Gasteiger partial charge in [0.2, 0.25) is 5.95 Å². The standard InChI is InChI=1S/C48H31N3/c1-4-15-32(16-5-1)43-39-23-10-11-24-40(39)44(33-17-6-2-7-18-33)47-42-28-27-37(38-25-13-26-41(45(38)42)46(43)47)34-19-12-22-36(31-34)51(35-20-8-3-9-21-35)48-49-29-14-30-50-48/h1-31H. The molecule has 1 aliphatic rings. The zero-order chi connectivity index (χ0) is 33.7. The number of hydrogen-bond acceptors (Lipinski definition) is 3. The molecule has 0 fully saturated rings. The van der Waals surface area contributed by atoms with Crippen molar-refractivity contribution in [1.82, 2.24) is 9.97 Å². The quantitative estimate of drug-likeness (QED) is 0.179. The highest BCUT2D eigenvalue weighted by Gasteiger charge is 2.31. The summed E-state index contributed by atoms with van der Waals surface area (Å²) in [6.45, 7) is 0. The molecule has 0 unspecified atom stereocenters. The second-order valence-corrected chi connectivity index (χ2v) is 12.9. The molecule has 1 heterocycles. The largest absolute Gasteiger partial charge is 0.279 e. The Kier molecular flexibility index (Phi) is 6.81. The van der Waals surface area contributed by atoms with Gasteiger partial charge < -0.3 is 0 Å². The molecular formula is C48H31N3. The van der Waals surface area contributed by atoms with E-state index in [1.807, 2.05) is 24.3 Å². The van der Waals surface area contributed by atoms with E-state index < -0.39 is 0 Å². The van der Waals surface area contributed by atoms with E-state index in [1.54, 1.807) is 12.4 Å². The minimum atomic E-state index is 0.630. The number of aromatic nitrogens is 2. The first-order valence-corrected chi connectivity index (χ1v) is 17.3. The average Bonchev–Trinajstić information content (AvgIpc) is 3.53. The molecule has 0 atom stereocenters. The Morgan fingerprint density at radius 3 is 1.47 bits per heavy atom. The van der Waals surface area contributed by atoms with Crippen molar-refractivity contribution in [3.05, 3.63) is 188 Å². The smallest absolute Gasteiger partial charge is 0.234 e. The van der Waals surface area contributed by atoms with Crippen LogP contribution in [0.4, 0.5) is 17.3 Å². The summed E-state index contributed by atoms with van der Waals surface area (Å²) in [6.07, 6.45) is 3.58. The summed E-state index contributed by atoms with van der Waals surface area (Å²) in [5.74, 6) is 0.630. The van der Waals surface area contributed by atoms with Crippen molar-refractivity contribution in [3.63, 3.8) is 0 Å². The van der Waals surface area contributed by atoms with Crippen molar-refractivity contribution in [3.8, 4) is 55.6 Å². The van der Waals surface area contributed by atoms with Crippen LogP contribution in [0.1, 0.15) is 0 Å². The number of anilines is 3. The van der Waals surface area contributed by atoms with Gasteiger partial charge in [0.05, 0.1) is 0 Å². The molecule has 0 spiro atoms. The highest BCUT2D eigenvalue weighted by molar-refractivity contribution is 6.28. The molecule has 0 bridgehead atoms. The topological polar surface area (TPSA) is 29.0 Å². The van der Waals surface area contributed by atoms with Gasteiger partial charge in [0.1, 0.15) is 0 Å². The number of benzene rings is 8. The number of rotatable bonds is 6. The second-order valence-electron chi connectivity index (χ2n) is 12.9. The molecule has 0 amide bonds. The molecule has 8 aromatic carbocycles. The van der Waals surface area contributed by atoms with Crippen LogP contribution in [0.5, 0.6) is 0 Å². The van der Waals surface area contributed by atoms with Crippen molar-refractivity contribution < 1.29 is 0 Å². The molecular weight excluding hydrogens is 619 g/mol. The molecule has 1 aromatic heterocycles. The Bertz CT molecular complexity index is 2590. The van der Waals surface area contributed by atoms with Crippen molar-refractivity contribution in [2.75, 3.05) is 4.90 Å². The molecule has 51 heavy (non-hydrogen) atoms. The zero-order valence-corrected chi connectivity index (χ0v) is 27.7. The predicted molar refractivity (Wildman–Crippen MR) is 212 cm³/mol. The summed E-state index contributed by atoms with van der Waals surface area (Å²) in [7, 11) is 0. The molecule has 238 valence electrons. The number of nitrogens with zero attached hydrogens (tertiary/aromatic N) is 3. The molecule has 0 aliphatic heterocycles. The first-order valence-electron chi connectivity index (χ1n) is 17.3. The second kappa shape index (κ2) is 11.9. The van der Waals surface area contributed by atoms with E-state index in [1.165, 1.54) is 71.6 Å². The Hall–Kier alpha value is -6.84. The fourth-order valence-corrected chi connectivity index (χ4v) is 8.04. The zero-order valence-electron chi connectivity index (χ0n) is 27.7. The van der Waals surface area contributed by atoms with Gasteiger partial charge >= 0.3 is 0 Å². The summed E-state index contributed by atoms with van der Waals surface area (Å²) < 4.78 is 0. The number of para-hydroxylation sites is 1. The van der Waals surface area contributed by atoms with E-state index in [-0.39, 0.29) is 0 Å². The van der Waals surface area contributed by atoms with E-state index >= 15 is 0 Å². The SMILES string of the molecule is c1ccc(-c2c3c(c(-c4ccccc4)c4ccccc24)-c2ccc(-c4cccc(N(c5ccccc5)c5ncccn5)c4)c4cccc-3c24)cc1. The van der Waals surface area contributed by atoms with Crippen LogP contribution in [0.15, 0.2) is 188 Å². The van der Waals surface area contributed by atoms with Crippen LogP contribution in [0.2, 0.25) is 0 Å². The summed E-state index contributed by atoms with van der Waals surface area (Å²) in [5, 5.41) is 5.07. The van der Waals surface area contributed by atoms with Gasteiger partial charge in [-0.3, -0.25) is 4.90 Å². The number of fused-ring (bicyclic) bond motifs is 4. The fraction of sp³-hybridized carbons (Fsp3) is 0. The average molecular weight is 650 g/mol. The lowest BCUT2D eigenvalue weighted by Gasteiger charge is -2.23. The lowest BCUT2D eigenvalue weighted by Crippen LogP contribution is -2.12. The fourth-order valence-electron chi connectivity index (χ4n) is 8.04. The van der Waals surface area contributed by atoms with Gasteiger partial charge in [0.25, 0.3) is 0 Å². The van der Waals surface area contributed by atoms with E-state index in [9.17, 15) is 0 Å². The molecule has 0 saturated carbocycles. The minimum Gasteiger partial charge on any atom is -0.279 e. The number of hydrogen-bond donors (Lipinski definition) is 0. The highest BCUT2D eigenvalue weighted by atomic mass is 15.3. The third-order valence-corrected chi connectivity index (χ3v) is 10.1. The molecule has 3 heteroatoms. The molecule has 3 nitrogen and oxygen atoms in total. The first-order chi connectivity index (χ1) is 25.3. The molecule has 10 rings (SSSR count). The summed E-state index contributed by atoms with van der Waals surface area (Å²) in [4.78, 5) is 11.4. The van der Waals surface area contributed by atoms with Crippen LogP contribution < -0.4 is 4.90 Å². The summed E-state index contributed by atoms with van der Waals surface area (Å²) in [6, 6.07) is 63.1. The van der Waals surface area contributed by atoms with E-state index in [2.05, 4.69) is 167 Å².